The molecule has 1 unspecified atom stereocenters. The standard InChI is InChI=1S/C16H27NO2/c18-15(11-17-1-3-19-4-2-17)16-8-12-5-13(9-16)7-14(6-12)10-16/h12-15,18H,1-11H2/p+1. The maximum atomic E-state index is 10.9. The molecule has 3 nitrogen and oxygen atoms in total. The molecule has 2 N–H and O–H groups in total. The second kappa shape index (κ2) is 4.71. The number of nitrogens with one attached hydrogen (secondary N) is 1. The third kappa shape index (κ3) is 2.24. The number of aliphatic hydroxyl groups is 1. The number of hydrogen-bond donors (Lipinski definition) is 2. The quantitative estimate of drug-likeness (QED) is 0.779. The first-order valence-electron chi connectivity index (χ1n) is 8.33. The highest BCUT2D eigenvalue weighted by Crippen LogP contribution is 2.61. The molecule has 4 bridgehead atoms. The number of ether oxygens (including phenoxy) is 1. The second-order valence-corrected chi connectivity index (χ2v) is 7.86. The van der Waals surface area contributed by atoms with E-state index in [2.05, 4.69) is 0 Å². The molecule has 0 amide bonds. The van der Waals surface area contributed by atoms with Crippen molar-refractivity contribution in [2.24, 2.45) is 23.2 Å². The minimum Gasteiger partial charge on any atom is -0.387 e. The molecular formula is C16H28NO2+. The van der Waals surface area contributed by atoms with Gasteiger partial charge in [0.1, 0.15) is 25.7 Å². The molecule has 1 heterocycles. The Morgan fingerprint density at radius 3 is 2.05 bits per heavy atom. The van der Waals surface area contributed by atoms with Crippen molar-refractivity contribution in [3.8, 4) is 0 Å². The summed E-state index contributed by atoms with van der Waals surface area (Å²) in [5.74, 6) is 2.83. The molecular weight excluding hydrogens is 238 g/mol. The van der Waals surface area contributed by atoms with E-state index < -0.39 is 0 Å². The zero-order chi connectivity index (χ0) is 12.9. The summed E-state index contributed by atoms with van der Waals surface area (Å²) in [4.78, 5) is 1.56. The Kier molecular flexibility index (Phi) is 3.13. The van der Waals surface area contributed by atoms with Gasteiger partial charge in [-0.25, -0.2) is 0 Å². The molecule has 1 aliphatic heterocycles. The lowest BCUT2D eigenvalue weighted by molar-refractivity contribution is -0.912. The van der Waals surface area contributed by atoms with Gasteiger partial charge in [-0.05, 0) is 56.3 Å². The number of aliphatic hydroxyl groups excluding tert-OH is 1. The van der Waals surface area contributed by atoms with Crippen molar-refractivity contribution in [1.29, 1.82) is 0 Å². The second-order valence-electron chi connectivity index (χ2n) is 7.86. The summed E-state index contributed by atoms with van der Waals surface area (Å²) in [6.07, 6.45) is 8.31. The summed E-state index contributed by atoms with van der Waals surface area (Å²) in [6.45, 7) is 4.90. The topological polar surface area (TPSA) is 33.9 Å². The van der Waals surface area contributed by atoms with Crippen LogP contribution in [0.5, 0.6) is 0 Å². The van der Waals surface area contributed by atoms with E-state index in [9.17, 15) is 5.11 Å². The average Bonchev–Trinajstić information content (AvgIpc) is 2.38. The number of rotatable bonds is 3. The SMILES string of the molecule is OC(C[NH+]1CCOCC1)C12CC3CC(CC(C3)C1)C2. The Balaban J connectivity index is 1.45. The highest BCUT2D eigenvalue weighted by Gasteiger charge is 2.54. The van der Waals surface area contributed by atoms with Crippen LogP contribution in [0, 0.1) is 23.2 Å². The van der Waals surface area contributed by atoms with Crippen LogP contribution in [0.2, 0.25) is 0 Å². The van der Waals surface area contributed by atoms with E-state index in [1.165, 1.54) is 38.5 Å². The molecule has 19 heavy (non-hydrogen) atoms. The molecule has 1 saturated heterocycles. The van der Waals surface area contributed by atoms with Crippen molar-refractivity contribution >= 4 is 0 Å². The fourth-order valence-electron chi connectivity index (χ4n) is 5.94. The molecule has 0 aromatic carbocycles. The molecule has 0 aromatic rings. The van der Waals surface area contributed by atoms with E-state index in [0.717, 1.165) is 50.6 Å². The lowest BCUT2D eigenvalue weighted by Crippen LogP contribution is -3.15. The lowest BCUT2D eigenvalue weighted by atomic mass is 9.48. The zero-order valence-electron chi connectivity index (χ0n) is 11.9. The number of quaternary nitrogens is 1. The third-order valence-electron chi connectivity index (χ3n) is 6.47. The van der Waals surface area contributed by atoms with Crippen LogP contribution >= 0.6 is 0 Å². The lowest BCUT2D eigenvalue weighted by Gasteiger charge is -2.58. The van der Waals surface area contributed by atoms with E-state index >= 15 is 0 Å². The first-order valence-corrected chi connectivity index (χ1v) is 8.33. The third-order valence-corrected chi connectivity index (χ3v) is 6.47. The van der Waals surface area contributed by atoms with Crippen LogP contribution in [0.1, 0.15) is 38.5 Å². The van der Waals surface area contributed by atoms with Gasteiger partial charge < -0.3 is 14.7 Å². The molecule has 4 aliphatic carbocycles. The first-order chi connectivity index (χ1) is 9.23. The maximum Gasteiger partial charge on any atom is 0.108 e. The van der Waals surface area contributed by atoms with Crippen molar-refractivity contribution in [3.63, 3.8) is 0 Å². The van der Waals surface area contributed by atoms with Gasteiger partial charge in [0.2, 0.25) is 0 Å². The minimum atomic E-state index is -0.0611. The smallest absolute Gasteiger partial charge is 0.108 e. The molecule has 5 rings (SSSR count). The monoisotopic (exact) mass is 266 g/mol. The summed E-state index contributed by atoms with van der Waals surface area (Å²) in [6, 6.07) is 0. The van der Waals surface area contributed by atoms with Gasteiger partial charge in [0.25, 0.3) is 0 Å². The summed E-state index contributed by atoms with van der Waals surface area (Å²) >= 11 is 0. The fraction of sp³-hybridized carbons (Fsp3) is 1.00. The van der Waals surface area contributed by atoms with Gasteiger partial charge in [0.05, 0.1) is 13.2 Å². The number of morpholine rings is 1. The van der Waals surface area contributed by atoms with Crippen molar-refractivity contribution in [1.82, 2.24) is 0 Å². The normalized spacial score (nSPS) is 47.5. The zero-order valence-corrected chi connectivity index (χ0v) is 11.9. The highest BCUT2D eigenvalue weighted by molar-refractivity contribution is 5.04. The molecule has 0 aromatic heterocycles. The van der Waals surface area contributed by atoms with E-state index in [1.807, 2.05) is 0 Å². The predicted octanol–water partition coefficient (Wildman–Crippen LogP) is 0.479. The van der Waals surface area contributed by atoms with Gasteiger partial charge in [-0.3, -0.25) is 0 Å². The minimum absolute atomic E-state index is 0.0611. The Hall–Kier alpha value is -0.120. The molecule has 0 spiro atoms. The predicted molar refractivity (Wildman–Crippen MR) is 73.0 cm³/mol. The van der Waals surface area contributed by atoms with Gasteiger partial charge in [-0.1, -0.05) is 0 Å². The van der Waals surface area contributed by atoms with E-state index in [1.54, 1.807) is 4.90 Å². The number of hydrogen-bond acceptors (Lipinski definition) is 2. The first kappa shape index (κ1) is 12.6. The van der Waals surface area contributed by atoms with Crippen molar-refractivity contribution in [2.75, 3.05) is 32.8 Å². The van der Waals surface area contributed by atoms with Crippen LogP contribution in [0.3, 0.4) is 0 Å². The van der Waals surface area contributed by atoms with Crippen molar-refractivity contribution in [2.45, 2.75) is 44.6 Å². The van der Waals surface area contributed by atoms with E-state index in [0.29, 0.717) is 5.41 Å². The highest BCUT2D eigenvalue weighted by atomic mass is 16.5. The largest absolute Gasteiger partial charge is 0.387 e. The van der Waals surface area contributed by atoms with E-state index in [-0.39, 0.29) is 6.10 Å². The Labute approximate surface area is 116 Å². The van der Waals surface area contributed by atoms with Gasteiger partial charge in [0.15, 0.2) is 0 Å². The molecule has 5 aliphatic rings. The molecule has 4 saturated carbocycles. The molecule has 108 valence electrons. The van der Waals surface area contributed by atoms with Crippen molar-refractivity contribution in [3.05, 3.63) is 0 Å². The van der Waals surface area contributed by atoms with Crippen LogP contribution < -0.4 is 4.90 Å². The van der Waals surface area contributed by atoms with Gasteiger partial charge in [-0.2, -0.15) is 0 Å². The molecule has 0 radical (unpaired) electrons. The Morgan fingerprint density at radius 1 is 1.00 bits per heavy atom. The maximum absolute atomic E-state index is 10.9. The Morgan fingerprint density at radius 2 is 1.53 bits per heavy atom. The van der Waals surface area contributed by atoms with Gasteiger partial charge >= 0.3 is 0 Å². The van der Waals surface area contributed by atoms with Crippen LogP contribution in [-0.4, -0.2) is 44.1 Å². The summed E-state index contributed by atoms with van der Waals surface area (Å²) < 4.78 is 5.43. The molecule has 3 heteroatoms. The average molecular weight is 266 g/mol. The molecule has 5 fully saturated rings. The van der Waals surface area contributed by atoms with Crippen molar-refractivity contribution < 1.29 is 14.7 Å². The summed E-state index contributed by atoms with van der Waals surface area (Å²) in [7, 11) is 0. The summed E-state index contributed by atoms with van der Waals surface area (Å²) in [5, 5.41) is 10.9. The fourth-order valence-corrected chi connectivity index (χ4v) is 5.94. The van der Waals surface area contributed by atoms with Gasteiger partial charge in [-0.15, -0.1) is 0 Å². The van der Waals surface area contributed by atoms with Gasteiger partial charge in [0, 0.05) is 5.41 Å². The molecule has 1 atom stereocenters. The van der Waals surface area contributed by atoms with Crippen LogP contribution in [0.25, 0.3) is 0 Å². The van der Waals surface area contributed by atoms with E-state index in [4.69, 9.17) is 4.74 Å². The van der Waals surface area contributed by atoms with Crippen LogP contribution in [0.4, 0.5) is 0 Å². The summed E-state index contributed by atoms with van der Waals surface area (Å²) in [5.41, 5.74) is 0.306. The van der Waals surface area contributed by atoms with Crippen LogP contribution in [-0.2, 0) is 4.74 Å². The van der Waals surface area contributed by atoms with Crippen LogP contribution in [0.15, 0.2) is 0 Å². The Bertz CT molecular complexity index is 302.